The van der Waals surface area contributed by atoms with E-state index in [0.29, 0.717) is 15.9 Å². The predicted octanol–water partition coefficient (Wildman–Crippen LogP) is 3.56. The monoisotopic (exact) mass is 553 g/mol. The Morgan fingerprint density at radius 2 is 1.79 bits per heavy atom. The highest BCUT2D eigenvalue weighted by molar-refractivity contribution is 9.10. The van der Waals surface area contributed by atoms with Crippen LogP contribution < -0.4 is 14.4 Å². The number of hydrogen-bond donors (Lipinski definition) is 1. The van der Waals surface area contributed by atoms with Gasteiger partial charge in [-0.1, -0.05) is 31.2 Å². The van der Waals surface area contributed by atoms with E-state index in [1.807, 2.05) is 19.9 Å². The fourth-order valence-corrected chi connectivity index (χ4v) is 4.74. The van der Waals surface area contributed by atoms with Gasteiger partial charge in [-0.2, -0.15) is 0 Å². The average molecular weight is 555 g/mol. The summed E-state index contributed by atoms with van der Waals surface area (Å²) < 4.78 is 32.1. The molecule has 0 aromatic heterocycles. The summed E-state index contributed by atoms with van der Waals surface area (Å²) in [5.74, 6) is -0.194. The number of benzene rings is 2. The lowest BCUT2D eigenvalue weighted by molar-refractivity contribution is -0.139. The second-order valence-electron chi connectivity index (χ2n) is 8.09. The van der Waals surface area contributed by atoms with Crippen LogP contribution in [0.4, 0.5) is 5.69 Å². The van der Waals surface area contributed by atoms with Crippen molar-refractivity contribution < 1.29 is 22.7 Å². The maximum absolute atomic E-state index is 13.5. The highest BCUT2D eigenvalue weighted by atomic mass is 79.9. The van der Waals surface area contributed by atoms with Gasteiger partial charge in [0.05, 0.1) is 19.1 Å². The van der Waals surface area contributed by atoms with Gasteiger partial charge in [-0.3, -0.25) is 13.9 Å². The summed E-state index contributed by atoms with van der Waals surface area (Å²) in [6.45, 7) is 5.14. The minimum Gasteiger partial charge on any atom is -0.497 e. The fraction of sp³-hybridized carbons (Fsp3) is 0.417. The molecule has 1 N–H and O–H groups in total. The number of amides is 2. The molecule has 0 radical (unpaired) electrons. The van der Waals surface area contributed by atoms with E-state index >= 15 is 0 Å². The normalized spacial score (nSPS) is 13.0. The Balaban J connectivity index is 2.41. The molecule has 8 nitrogen and oxygen atoms in total. The van der Waals surface area contributed by atoms with Crippen LogP contribution in [0.15, 0.2) is 53.0 Å². The number of hydrogen-bond acceptors (Lipinski definition) is 5. The van der Waals surface area contributed by atoms with Crippen LogP contribution in [0.1, 0.15) is 32.8 Å². The second-order valence-corrected chi connectivity index (χ2v) is 10.8. The van der Waals surface area contributed by atoms with Crippen molar-refractivity contribution in [3.8, 4) is 5.75 Å². The van der Waals surface area contributed by atoms with Crippen molar-refractivity contribution in [3.05, 3.63) is 58.6 Å². The molecule has 0 saturated carbocycles. The molecule has 0 aliphatic carbocycles. The molecule has 0 aliphatic heterocycles. The number of nitrogens with one attached hydrogen (secondary N) is 1. The molecule has 0 spiro atoms. The zero-order valence-corrected chi connectivity index (χ0v) is 22.5. The van der Waals surface area contributed by atoms with E-state index in [4.69, 9.17) is 4.74 Å². The smallest absolute Gasteiger partial charge is 0.244 e. The summed E-state index contributed by atoms with van der Waals surface area (Å²) in [7, 11) is -2.24. The predicted molar refractivity (Wildman–Crippen MR) is 137 cm³/mol. The highest BCUT2D eigenvalue weighted by Crippen LogP contribution is 2.28. The number of rotatable bonds is 11. The van der Waals surface area contributed by atoms with Gasteiger partial charge in [-0.25, -0.2) is 8.42 Å². The lowest BCUT2D eigenvalue weighted by atomic mass is 10.1. The summed E-state index contributed by atoms with van der Waals surface area (Å²) in [6, 6.07) is 13.1. The molecule has 0 heterocycles. The van der Waals surface area contributed by atoms with Gasteiger partial charge in [0.1, 0.15) is 18.3 Å². The Kier molecular flexibility index (Phi) is 9.93. The van der Waals surface area contributed by atoms with Crippen LogP contribution in [0.3, 0.4) is 0 Å². The van der Waals surface area contributed by atoms with Crippen molar-refractivity contribution in [1.82, 2.24) is 10.2 Å². The SMILES string of the molecule is CC[C@H](C)NC(=O)[C@@H](C)N(Cc1cccc(OC)c1)C(=O)CN(c1ccccc1Br)S(C)(=O)=O. The molecule has 0 unspecified atom stereocenters. The molecule has 0 aliphatic rings. The lowest BCUT2D eigenvalue weighted by Crippen LogP contribution is -2.52. The molecule has 2 amide bonds. The lowest BCUT2D eigenvalue weighted by Gasteiger charge is -2.32. The van der Waals surface area contributed by atoms with Crippen LogP contribution in [0.5, 0.6) is 5.75 Å². The Morgan fingerprint density at radius 3 is 2.38 bits per heavy atom. The van der Waals surface area contributed by atoms with E-state index in [2.05, 4.69) is 21.2 Å². The summed E-state index contributed by atoms with van der Waals surface area (Å²) in [6.07, 6.45) is 1.79. The van der Waals surface area contributed by atoms with E-state index in [-0.39, 0.29) is 18.5 Å². The first-order valence-electron chi connectivity index (χ1n) is 10.9. The second kappa shape index (κ2) is 12.2. The Hall–Kier alpha value is -2.59. The van der Waals surface area contributed by atoms with Gasteiger partial charge in [0.25, 0.3) is 0 Å². The molecule has 10 heteroatoms. The third kappa shape index (κ3) is 7.46. The maximum Gasteiger partial charge on any atom is 0.244 e. The van der Waals surface area contributed by atoms with Crippen LogP contribution >= 0.6 is 15.9 Å². The number of carbonyl (C=O) groups excluding carboxylic acids is 2. The van der Waals surface area contributed by atoms with Crippen molar-refractivity contribution in [2.45, 2.75) is 45.8 Å². The molecular formula is C24H32BrN3O5S. The molecule has 2 rings (SSSR count). The largest absolute Gasteiger partial charge is 0.497 e. The number of nitrogens with zero attached hydrogens (tertiary/aromatic N) is 2. The first-order valence-corrected chi connectivity index (χ1v) is 13.6. The van der Waals surface area contributed by atoms with Gasteiger partial charge in [0.2, 0.25) is 21.8 Å². The quantitative estimate of drug-likeness (QED) is 0.459. The summed E-state index contributed by atoms with van der Waals surface area (Å²) in [5, 5.41) is 2.90. The highest BCUT2D eigenvalue weighted by Gasteiger charge is 2.31. The van der Waals surface area contributed by atoms with Crippen LogP contribution in [0.25, 0.3) is 0 Å². The number of methoxy groups -OCH3 is 1. The van der Waals surface area contributed by atoms with Gasteiger partial charge >= 0.3 is 0 Å². The first kappa shape index (κ1) is 27.7. The zero-order valence-electron chi connectivity index (χ0n) is 20.1. The fourth-order valence-electron chi connectivity index (χ4n) is 3.26. The number of halogens is 1. The molecule has 0 saturated heterocycles. The number of sulfonamides is 1. The molecule has 2 aromatic rings. The summed E-state index contributed by atoms with van der Waals surface area (Å²) in [5.41, 5.74) is 1.10. The van der Waals surface area contributed by atoms with Gasteiger partial charge in [-0.15, -0.1) is 0 Å². The van der Waals surface area contributed by atoms with E-state index in [0.717, 1.165) is 22.5 Å². The molecule has 0 fully saturated rings. The van der Waals surface area contributed by atoms with E-state index in [1.54, 1.807) is 56.5 Å². The topological polar surface area (TPSA) is 96.0 Å². The molecular weight excluding hydrogens is 522 g/mol. The third-order valence-electron chi connectivity index (χ3n) is 5.46. The Morgan fingerprint density at radius 1 is 1.12 bits per heavy atom. The Bertz CT molecular complexity index is 1110. The van der Waals surface area contributed by atoms with Crippen LogP contribution in [-0.4, -0.2) is 57.1 Å². The van der Waals surface area contributed by atoms with Gasteiger partial charge in [0, 0.05) is 17.1 Å². The molecule has 186 valence electrons. The molecule has 2 aromatic carbocycles. The summed E-state index contributed by atoms with van der Waals surface area (Å²) >= 11 is 3.36. The van der Waals surface area contributed by atoms with Crippen molar-refractivity contribution in [2.75, 3.05) is 24.2 Å². The van der Waals surface area contributed by atoms with Gasteiger partial charge < -0.3 is 15.0 Å². The third-order valence-corrected chi connectivity index (χ3v) is 7.25. The van der Waals surface area contributed by atoms with Gasteiger partial charge in [0.15, 0.2) is 0 Å². The number of carbonyl (C=O) groups is 2. The first-order chi connectivity index (χ1) is 16.0. The maximum atomic E-state index is 13.5. The number of para-hydroxylation sites is 1. The van der Waals surface area contributed by atoms with Gasteiger partial charge in [-0.05, 0) is 66.0 Å². The summed E-state index contributed by atoms with van der Waals surface area (Å²) in [4.78, 5) is 27.8. The van der Waals surface area contributed by atoms with E-state index in [9.17, 15) is 18.0 Å². The minimum atomic E-state index is -3.79. The van der Waals surface area contributed by atoms with Crippen molar-refractivity contribution in [3.63, 3.8) is 0 Å². The zero-order chi connectivity index (χ0) is 25.5. The molecule has 34 heavy (non-hydrogen) atoms. The molecule has 2 atom stereocenters. The van der Waals surface area contributed by atoms with Crippen LogP contribution in [0, 0.1) is 0 Å². The average Bonchev–Trinajstić information content (AvgIpc) is 2.80. The molecule has 0 bridgehead atoms. The Labute approximate surface area is 210 Å². The van der Waals surface area contributed by atoms with E-state index < -0.39 is 28.5 Å². The van der Waals surface area contributed by atoms with Crippen LogP contribution in [-0.2, 0) is 26.2 Å². The minimum absolute atomic E-state index is 0.0588. The number of ether oxygens (including phenoxy) is 1. The number of anilines is 1. The van der Waals surface area contributed by atoms with Crippen molar-refractivity contribution >= 4 is 43.5 Å². The van der Waals surface area contributed by atoms with E-state index in [1.165, 1.54) is 4.90 Å². The van der Waals surface area contributed by atoms with Crippen molar-refractivity contribution in [2.24, 2.45) is 0 Å². The standard InChI is InChI=1S/C24H32BrN3O5S/c1-6-17(2)26-24(30)18(3)27(15-19-10-9-11-20(14-19)33-4)23(29)16-28(34(5,31)32)22-13-8-7-12-21(22)25/h7-14,17-18H,6,15-16H2,1-5H3,(H,26,30)/t17-,18+/m0/s1. The van der Waals surface area contributed by atoms with Crippen molar-refractivity contribution in [1.29, 1.82) is 0 Å². The van der Waals surface area contributed by atoms with Crippen LogP contribution in [0.2, 0.25) is 0 Å².